The van der Waals surface area contributed by atoms with Crippen molar-refractivity contribution in [1.82, 2.24) is 9.78 Å². The van der Waals surface area contributed by atoms with Crippen LogP contribution in [0.2, 0.25) is 0 Å². The third-order valence-corrected chi connectivity index (χ3v) is 5.43. The molecule has 1 atom stereocenters. The number of benzene rings is 2. The van der Waals surface area contributed by atoms with Crippen LogP contribution in [0.4, 0.5) is 11.5 Å². The molecule has 29 heavy (non-hydrogen) atoms. The van der Waals surface area contributed by atoms with Gasteiger partial charge in [-0.1, -0.05) is 35.9 Å². The van der Waals surface area contributed by atoms with Crippen molar-refractivity contribution in [2.75, 3.05) is 10.6 Å². The van der Waals surface area contributed by atoms with Gasteiger partial charge in [0.2, 0.25) is 5.91 Å². The van der Waals surface area contributed by atoms with Crippen LogP contribution in [0, 0.1) is 27.7 Å². The Labute approximate surface area is 169 Å². The number of fused-ring (bicyclic) bond motifs is 1. The number of rotatable bonds is 4. The SMILES string of the molecule is Cc1ccc(-c2c(C)nn3c2NC(=O)C3CC(=O)Nc2ccc(C)c(C)c2)cc1. The molecule has 0 aliphatic carbocycles. The number of nitrogens with one attached hydrogen (secondary N) is 2. The summed E-state index contributed by atoms with van der Waals surface area (Å²) >= 11 is 0. The second kappa shape index (κ2) is 7.20. The molecule has 0 saturated carbocycles. The molecule has 148 valence electrons. The number of hydrogen-bond donors (Lipinski definition) is 2. The lowest BCUT2D eigenvalue weighted by molar-refractivity contribution is -0.123. The molecule has 4 rings (SSSR count). The predicted octanol–water partition coefficient (Wildman–Crippen LogP) is 4.31. The van der Waals surface area contributed by atoms with Crippen LogP contribution in [-0.2, 0) is 9.59 Å². The Bertz CT molecular complexity index is 1110. The second-order valence-corrected chi connectivity index (χ2v) is 7.68. The summed E-state index contributed by atoms with van der Waals surface area (Å²) in [5.41, 5.74) is 6.88. The van der Waals surface area contributed by atoms with Gasteiger partial charge in [-0.2, -0.15) is 5.10 Å². The molecule has 1 aliphatic heterocycles. The predicted molar refractivity (Wildman–Crippen MR) is 114 cm³/mol. The minimum Gasteiger partial charge on any atom is -0.326 e. The molecule has 6 heteroatoms. The van der Waals surface area contributed by atoms with Crippen molar-refractivity contribution < 1.29 is 9.59 Å². The van der Waals surface area contributed by atoms with Crippen LogP contribution in [0.1, 0.15) is 34.8 Å². The normalized spacial score (nSPS) is 15.2. The molecule has 0 spiro atoms. The summed E-state index contributed by atoms with van der Waals surface area (Å²) in [5, 5.41) is 10.4. The van der Waals surface area contributed by atoms with Gasteiger partial charge in [0.05, 0.1) is 12.1 Å². The molecule has 0 radical (unpaired) electrons. The molecule has 0 fully saturated rings. The maximum atomic E-state index is 12.6. The largest absolute Gasteiger partial charge is 0.326 e. The van der Waals surface area contributed by atoms with E-state index in [1.807, 2.05) is 70.2 Å². The highest BCUT2D eigenvalue weighted by Gasteiger charge is 2.36. The lowest BCUT2D eigenvalue weighted by atomic mass is 10.0. The van der Waals surface area contributed by atoms with E-state index in [1.54, 1.807) is 4.68 Å². The van der Waals surface area contributed by atoms with Crippen molar-refractivity contribution in [3.8, 4) is 11.1 Å². The second-order valence-electron chi connectivity index (χ2n) is 7.68. The van der Waals surface area contributed by atoms with E-state index in [0.29, 0.717) is 5.82 Å². The van der Waals surface area contributed by atoms with E-state index < -0.39 is 6.04 Å². The number of amides is 2. The van der Waals surface area contributed by atoms with Gasteiger partial charge in [-0.05, 0) is 56.5 Å². The van der Waals surface area contributed by atoms with E-state index in [2.05, 4.69) is 15.7 Å². The summed E-state index contributed by atoms with van der Waals surface area (Å²) in [6, 6.07) is 13.2. The topological polar surface area (TPSA) is 76.0 Å². The number of aryl methyl sites for hydroxylation is 4. The highest BCUT2D eigenvalue weighted by atomic mass is 16.2. The van der Waals surface area contributed by atoms with Crippen molar-refractivity contribution in [2.45, 2.75) is 40.2 Å². The molecule has 2 N–H and O–H groups in total. The van der Waals surface area contributed by atoms with Crippen LogP contribution in [0.15, 0.2) is 42.5 Å². The zero-order chi connectivity index (χ0) is 20.7. The number of carbonyl (C=O) groups excluding carboxylic acids is 2. The Balaban J connectivity index is 1.57. The quantitative estimate of drug-likeness (QED) is 0.699. The molecule has 2 heterocycles. The fourth-order valence-corrected chi connectivity index (χ4v) is 3.66. The highest BCUT2D eigenvalue weighted by molar-refractivity contribution is 6.04. The van der Waals surface area contributed by atoms with Crippen LogP contribution in [-0.4, -0.2) is 21.6 Å². The van der Waals surface area contributed by atoms with Crippen molar-refractivity contribution in [3.63, 3.8) is 0 Å². The molecule has 6 nitrogen and oxygen atoms in total. The zero-order valence-electron chi connectivity index (χ0n) is 17.0. The maximum absolute atomic E-state index is 12.6. The first-order valence-corrected chi connectivity index (χ1v) is 9.67. The van der Waals surface area contributed by atoms with Gasteiger partial charge in [-0.15, -0.1) is 0 Å². The molecule has 1 unspecified atom stereocenters. The standard InChI is InChI=1S/C23H24N4O2/c1-13-5-8-17(9-6-13)21-16(4)26-27-19(23(29)25-22(21)27)12-20(28)24-18-10-7-14(2)15(3)11-18/h5-11,19H,12H2,1-4H3,(H,24,28)(H,25,29). The van der Waals surface area contributed by atoms with Crippen molar-refractivity contribution in [2.24, 2.45) is 0 Å². The van der Waals surface area contributed by atoms with Crippen LogP contribution in [0.5, 0.6) is 0 Å². The number of nitrogens with zero attached hydrogens (tertiary/aromatic N) is 2. The summed E-state index contributed by atoms with van der Waals surface area (Å²) in [5.74, 6) is 0.225. The van der Waals surface area contributed by atoms with Gasteiger partial charge in [0.15, 0.2) is 0 Å². The van der Waals surface area contributed by atoms with E-state index in [9.17, 15) is 9.59 Å². The summed E-state index contributed by atoms with van der Waals surface area (Å²) in [7, 11) is 0. The summed E-state index contributed by atoms with van der Waals surface area (Å²) in [6.45, 7) is 7.97. The smallest absolute Gasteiger partial charge is 0.251 e. The van der Waals surface area contributed by atoms with E-state index in [1.165, 1.54) is 11.1 Å². The van der Waals surface area contributed by atoms with Gasteiger partial charge >= 0.3 is 0 Å². The average Bonchev–Trinajstić information content (AvgIpc) is 3.13. The number of hydrogen-bond acceptors (Lipinski definition) is 3. The van der Waals surface area contributed by atoms with Gasteiger partial charge in [-0.3, -0.25) is 9.59 Å². The van der Waals surface area contributed by atoms with Crippen molar-refractivity contribution >= 4 is 23.3 Å². The van der Waals surface area contributed by atoms with Gasteiger partial charge in [0, 0.05) is 11.3 Å². The maximum Gasteiger partial charge on any atom is 0.251 e. The molecule has 1 aliphatic rings. The third-order valence-electron chi connectivity index (χ3n) is 5.43. The fourth-order valence-electron chi connectivity index (χ4n) is 3.66. The third kappa shape index (κ3) is 3.53. The Morgan fingerprint density at radius 1 is 1.07 bits per heavy atom. The van der Waals surface area contributed by atoms with Crippen molar-refractivity contribution in [3.05, 3.63) is 64.8 Å². The Kier molecular flexibility index (Phi) is 4.70. The van der Waals surface area contributed by atoms with Crippen LogP contribution in [0.3, 0.4) is 0 Å². The highest BCUT2D eigenvalue weighted by Crippen LogP contribution is 2.38. The molecule has 1 aromatic heterocycles. The first kappa shape index (κ1) is 18.9. The molecular formula is C23H24N4O2. The van der Waals surface area contributed by atoms with E-state index >= 15 is 0 Å². The van der Waals surface area contributed by atoms with E-state index in [4.69, 9.17) is 0 Å². The Morgan fingerprint density at radius 2 is 1.79 bits per heavy atom. The molecule has 0 saturated heterocycles. The lowest BCUT2D eigenvalue weighted by Gasteiger charge is -2.11. The lowest BCUT2D eigenvalue weighted by Crippen LogP contribution is -2.23. The summed E-state index contributed by atoms with van der Waals surface area (Å²) in [6.07, 6.45) is 0.0280. The minimum absolute atomic E-state index is 0.0280. The van der Waals surface area contributed by atoms with E-state index in [0.717, 1.165) is 28.1 Å². The molecular weight excluding hydrogens is 364 g/mol. The fraction of sp³-hybridized carbons (Fsp3) is 0.261. The number of aromatic nitrogens is 2. The first-order valence-electron chi connectivity index (χ1n) is 9.67. The van der Waals surface area contributed by atoms with E-state index in [-0.39, 0.29) is 18.2 Å². The first-order chi connectivity index (χ1) is 13.8. The average molecular weight is 388 g/mol. The monoisotopic (exact) mass is 388 g/mol. The Hall–Kier alpha value is -3.41. The summed E-state index contributed by atoms with van der Waals surface area (Å²) < 4.78 is 1.65. The van der Waals surface area contributed by atoms with Crippen LogP contribution < -0.4 is 10.6 Å². The van der Waals surface area contributed by atoms with Crippen LogP contribution >= 0.6 is 0 Å². The zero-order valence-corrected chi connectivity index (χ0v) is 17.0. The number of anilines is 2. The number of carbonyl (C=O) groups is 2. The molecule has 2 amide bonds. The van der Waals surface area contributed by atoms with Crippen LogP contribution in [0.25, 0.3) is 11.1 Å². The molecule has 2 aromatic carbocycles. The molecule has 3 aromatic rings. The Morgan fingerprint density at radius 3 is 2.48 bits per heavy atom. The van der Waals surface area contributed by atoms with Gasteiger partial charge < -0.3 is 10.6 Å². The minimum atomic E-state index is -0.658. The van der Waals surface area contributed by atoms with Crippen molar-refractivity contribution in [1.29, 1.82) is 0 Å². The van der Waals surface area contributed by atoms with Gasteiger partial charge in [0.25, 0.3) is 5.91 Å². The molecule has 0 bridgehead atoms. The van der Waals surface area contributed by atoms with Gasteiger partial charge in [-0.25, -0.2) is 4.68 Å². The summed E-state index contributed by atoms with van der Waals surface area (Å²) in [4.78, 5) is 25.2. The van der Waals surface area contributed by atoms with Gasteiger partial charge in [0.1, 0.15) is 11.9 Å².